The molecule has 22 heavy (non-hydrogen) atoms. The van der Waals surface area contributed by atoms with Crippen molar-refractivity contribution in [3.63, 3.8) is 0 Å². The Bertz CT molecular complexity index is 521. The van der Waals surface area contributed by atoms with Crippen LogP contribution in [0.4, 0.5) is 5.95 Å². The first kappa shape index (κ1) is 15.5. The molecule has 2 N–H and O–H groups in total. The Balaban J connectivity index is 1.57. The van der Waals surface area contributed by atoms with Gasteiger partial charge in [-0.1, -0.05) is 13.3 Å². The predicted molar refractivity (Wildman–Crippen MR) is 85.6 cm³/mol. The van der Waals surface area contributed by atoms with Crippen molar-refractivity contribution >= 4 is 11.9 Å². The molecule has 0 bridgehead atoms. The van der Waals surface area contributed by atoms with E-state index in [9.17, 15) is 4.79 Å². The summed E-state index contributed by atoms with van der Waals surface area (Å²) >= 11 is 0. The van der Waals surface area contributed by atoms with Crippen molar-refractivity contribution in [3.05, 3.63) is 5.82 Å². The number of anilines is 1. The lowest BCUT2D eigenvalue weighted by Crippen LogP contribution is -2.27. The molecule has 122 valence electrons. The Morgan fingerprint density at radius 2 is 2.09 bits per heavy atom. The molecule has 0 spiro atoms. The summed E-state index contributed by atoms with van der Waals surface area (Å²) in [7, 11) is 1.85. The SMILES string of the molecule is CC1CCC(CC(=O)Nc2nc(C3CCNCC3)nn2C)C1. The number of amides is 1. The average molecular weight is 305 g/mol. The zero-order chi connectivity index (χ0) is 15.5. The lowest BCUT2D eigenvalue weighted by molar-refractivity contribution is -0.117. The number of aryl methyl sites for hydroxylation is 1. The molecular formula is C16H27N5O. The monoisotopic (exact) mass is 305 g/mol. The first-order valence-electron chi connectivity index (χ1n) is 8.53. The lowest BCUT2D eigenvalue weighted by atomic mass is 9.98. The summed E-state index contributed by atoms with van der Waals surface area (Å²) in [5, 5.41) is 10.8. The molecular weight excluding hydrogens is 278 g/mol. The van der Waals surface area contributed by atoms with E-state index in [1.807, 2.05) is 7.05 Å². The average Bonchev–Trinajstić information content (AvgIpc) is 3.07. The number of carbonyl (C=O) groups excluding carboxylic acids is 1. The molecule has 1 aliphatic carbocycles. The molecule has 1 saturated heterocycles. The Morgan fingerprint density at radius 1 is 1.32 bits per heavy atom. The molecule has 6 nitrogen and oxygen atoms in total. The third-order valence-corrected chi connectivity index (χ3v) is 5.01. The first-order valence-corrected chi connectivity index (χ1v) is 8.53. The van der Waals surface area contributed by atoms with Crippen LogP contribution < -0.4 is 10.6 Å². The van der Waals surface area contributed by atoms with Crippen LogP contribution in [0, 0.1) is 11.8 Å². The van der Waals surface area contributed by atoms with Crippen molar-refractivity contribution in [1.29, 1.82) is 0 Å². The van der Waals surface area contributed by atoms with Gasteiger partial charge in [-0.2, -0.15) is 10.1 Å². The largest absolute Gasteiger partial charge is 0.317 e. The van der Waals surface area contributed by atoms with Gasteiger partial charge in [-0.25, -0.2) is 4.68 Å². The van der Waals surface area contributed by atoms with Crippen molar-refractivity contribution in [2.24, 2.45) is 18.9 Å². The molecule has 6 heteroatoms. The molecule has 0 aromatic carbocycles. The third kappa shape index (κ3) is 3.66. The van der Waals surface area contributed by atoms with Crippen molar-refractivity contribution < 1.29 is 4.79 Å². The molecule has 1 aromatic rings. The van der Waals surface area contributed by atoms with E-state index >= 15 is 0 Å². The molecule has 2 heterocycles. The fourth-order valence-electron chi connectivity index (χ4n) is 3.71. The van der Waals surface area contributed by atoms with Gasteiger partial charge in [0.25, 0.3) is 0 Å². The second-order valence-electron chi connectivity index (χ2n) is 6.98. The van der Waals surface area contributed by atoms with Crippen LogP contribution in [0.15, 0.2) is 0 Å². The van der Waals surface area contributed by atoms with Gasteiger partial charge >= 0.3 is 0 Å². The van der Waals surface area contributed by atoms with Crippen LogP contribution in [-0.4, -0.2) is 33.8 Å². The minimum Gasteiger partial charge on any atom is -0.317 e. The molecule has 1 saturated carbocycles. The summed E-state index contributed by atoms with van der Waals surface area (Å²) in [4.78, 5) is 16.8. The minimum absolute atomic E-state index is 0.0754. The highest BCUT2D eigenvalue weighted by atomic mass is 16.1. The topological polar surface area (TPSA) is 71.8 Å². The van der Waals surface area contributed by atoms with Crippen LogP contribution in [0.5, 0.6) is 0 Å². The minimum atomic E-state index is 0.0754. The molecule has 2 fully saturated rings. The van der Waals surface area contributed by atoms with Crippen LogP contribution in [0.2, 0.25) is 0 Å². The molecule has 0 radical (unpaired) electrons. The van der Waals surface area contributed by atoms with E-state index in [0.29, 0.717) is 24.2 Å². The molecule has 1 amide bonds. The maximum atomic E-state index is 12.2. The maximum Gasteiger partial charge on any atom is 0.227 e. The molecule has 1 aliphatic heterocycles. The fourth-order valence-corrected chi connectivity index (χ4v) is 3.71. The Hall–Kier alpha value is -1.43. The zero-order valence-electron chi connectivity index (χ0n) is 13.6. The number of carbonyl (C=O) groups is 1. The van der Waals surface area contributed by atoms with Gasteiger partial charge in [-0.3, -0.25) is 10.1 Å². The van der Waals surface area contributed by atoms with Crippen LogP contribution in [-0.2, 0) is 11.8 Å². The Kier molecular flexibility index (Phi) is 4.76. The standard InChI is InChI=1S/C16H27N5O/c1-11-3-4-12(9-11)10-14(22)18-16-19-15(20-21(16)2)13-5-7-17-8-6-13/h11-13,17H,3-10H2,1-2H3,(H,18,19,20,22). The van der Waals surface area contributed by atoms with Gasteiger partial charge in [-0.15, -0.1) is 0 Å². The summed E-state index contributed by atoms with van der Waals surface area (Å²) in [6.45, 7) is 4.31. The van der Waals surface area contributed by atoms with Crippen molar-refractivity contribution in [2.75, 3.05) is 18.4 Å². The normalized spacial score (nSPS) is 26.3. The molecule has 2 unspecified atom stereocenters. The smallest absolute Gasteiger partial charge is 0.227 e. The molecule has 2 aliphatic rings. The number of hydrogen-bond acceptors (Lipinski definition) is 4. The second kappa shape index (κ2) is 6.77. The van der Waals surface area contributed by atoms with Gasteiger partial charge in [0.15, 0.2) is 5.82 Å². The van der Waals surface area contributed by atoms with Gasteiger partial charge in [0.1, 0.15) is 0 Å². The molecule has 2 atom stereocenters. The lowest BCUT2D eigenvalue weighted by Gasteiger charge is -2.19. The summed E-state index contributed by atoms with van der Waals surface area (Å²) < 4.78 is 1.70. The highest BCUT2D eigenvalue weighted by molar-refractivity contribution is 5.89. The van der Waals surface area contributed by atoms with E-state index in [0.717, 1.165) is 37.7 Å². The summed E-state index contributed by atoms with van der Waals surface area (Å²) in [6.07, 6.45) is 6.34. The van der Waals surface area contributed by atoms with Crippen LogP contribution in [0.25, 0.3) is 0 Å². The number of rotatable bonds is 4. The summed E-state index contributed by atoms with van der Waals surface area (Å²) in [5.41, 5.74) is 0. The van der Waals surface area contributed by atoms with Crippen LogP contribution in [0.3, 0.4) is 0 Å². The molecule has 3 rings (SSSR count). The Labute approximate surface area is 132 Å². The summed E-state index contributed by atoms with van der Waals surface area (Å²) in [5.74, 6) is 3.24. The predicted octanol–water partition coefficient (Wildman–Crippen LogP) is 2.05. The van der Waals surface area contributed by atoms with Gasteiger partial charge in [-0.05, 0) is 50.6 Å². The van der Waals surface area contributed by atoms with Crippen LogP contribution >= 0.6 is 0 Å². The van der Waals surface area contributed by atoms with Gasteiger partial charge in [0, 0.05) is 19.4 Å². The Morgan fingerprint density at radius 3 is 2.77 bits per heavy atom. The maximum absolute atomic E-state index is 12.2. The zero-order valence-corrected chi connectivity index (χ0v) is 13.6. The third-order valence-electron chi connectivity index (χ3n) is 5.01. The van der Waals surface area contributed by atoms with E-state index in [4.69, 9.17) is 0 Å². The van der Waals surface area contributed by atoms with Crippen molar-refractivity contribution in [2.45, 2.75) is 51.4 Å². The number of hydrogen-bond donors (Lipinski definition) is 2. The number of nitrogens with zero attached hydrogens (tertiary/aromatic N) is 3. The van der Waals surface area contributed by atoms with Gasteiger partial charge in [0.2, 0.25) is 11.9 Å². The highest BCUT2D eigenvalue weighted by Crippen LogP contribution is 2.32. The van der Waals surface area contributed by atoms with Crippen molar-refractivity contribution in [1.82, 2.24) is 20.1 Å². The van der Waals surface area contributed by atoms with Crippen molar-refractivity contribution in [3.8, 4) is 0 Å². The van der Waals surface area contributed by atoms with E-state index < -0.39 is 0 Å². The summed E-state index contributed by atoms with van der Waals surface area (Å²) in [6, 6.07) is 0. The number of aromatic nitrogens is 3. The first-order chi connectivity index (χ1) is 10.6. The van der Waals surface area contributed by atoms with E-state index in [-0.39, 0.29) is 5.91 Å². The van der Waals surface area contributed by atoms with Crippen LogP contribution in [0.1, 0.15) is 57.2 Å². The van der Waals surface area contributed by atoms with Gasteiger partial charge in [0.05, 0.1) is 0 Å². The highest BCUT2D eigenvalue weighted by Gasteiger charge is 2.25. The van der Waals surface area contributed by atoms with E-state index in [1.54, 1.807) is 4.68 Å². The quantitative estimate of drug-likeness (QED) is 0.893. The number of nitrogens with one attached hydrogen (secondary N) is 2. The molecule has 1 aromatic heterocycles. The number of piperidine rings is 1. The van der Waals surface area contributed by atoms with Gasteiger partial charge < -0.3 is 5.32 Å². The van der Waals surface area contributed by atoms with E-state index in [1.165, 1.54) is 19.3 Å². The van der Waals surface area contributed by atoms with E-state index in [2.05, 4.69) is 27.6 Å². The fraction of sp³-hybridized carbons (Fsp3) is 0.812. The second-order valence-corrected chi connectivity index (χ2v) is 6.98.